The number of carbonyl (C=O) groups is 4. The number of anilines is 1. The molecule has 1 aliphatic rings. The Morgan fingerprint density at radius 1 is 1.50 bits per heavy atom. The highest BCUT2D eigenvalue weighted by Gasteiger charge is 2.42. The van der Waals surface area contributed by atoms with Crippen molar-refractivity contribution in [3.8, 4) is 0 Å². The van der Waals surface area contributed by atoms with E-state index in [1.165, 1.54) is 19.2 Å². The van der Waals surface area contributed by atoms with Crippen molar-refractivity contribution in [2.75, 3.05) is 11.5 Å². The Morgan fingerprint density at radius 2 is 2.18 bits per heavy atom. The largest absolute Gasteiger partial charge is 0.478 e. The van der Waals surface area contributed by atoms with Crippen LogP contribution in [0.15, 0.2) is 10.5 Å². The van der Waals surface area contributed by atoms with Crippen LogP contribution in [0.1, 0.15) is 19.5 Å². The van der Waals surface area contributed by atoms with Crippen LogP contribution in [0.25, 0.3) is 0 Å². The molecule has 0 aromatic carbocycles. The molecular formula is C14H18N6O6S2. The van der Waals surface area contributed by atoms with Gasteiger partial charge in [0.1, 0.15) is 17.1 Å². The fourth-order valence-electron chi connectivity index (χ4n) is 1.81. The molecule has 7 N–H and O–H groups in total. The Labute approximate surface area is 167 Å². The summed E-state index contributed by atoms with van der Waals surface area (Å²) in [5.74, 6) is -3.19. The van der Waals surface area contributed by atoms with E-state index in [1.54, 1.807) is 0 Å². The van der Waals surface area contributed by atoms with Gasteiger partial charge in [-0.2, -0.15) is 0 Å². The van der Waals surface area contributed by atoms with Crippen LogP contribution in [0.2, 0.25) is 0 Å². The number of amides is 3. The first-order valence-electron chi connectivity index (χ1n) is 7.73. The Bertz CT molecular complexity index is 838. The quantitative estimate of drug-likeness (QED) is 0.175. The number of thiazole rings is 1. The number of aliphatic carboxylic acids is 1. The molecule has 0 bridgehead atoms. The monoisotopic (exact) mass is 430 g/mol. The van der Waals surface area contributed by atoms with Crippen LogP contribution in [0.4, 0.5) is 5.13 Å². The van der Waals surface area contributed by atoms with Gasteiger partial charge in [-0.3, -0.25) is 14.4 Å². The van der Waals surface area contributed by atoms with E-state index in [9.17, 15) is 19.2 Å². The van der Waals surface area contributed by atoms with E-state index in [0.717, 1.165) is 23.1 Å². The van der Waals surface area contributed by atoms with Crippen LogP contribution in [0.5, 0.6) is 0 Å². The van der Waals surface area contributed by atoms with Gasteiger partial charge in [0.05, 0.1) is 5.75 Å². The molecule has 0 radical (unpaired) electrons. The summed E-state index contributed by atoms with van der Waals surface area (Å²) in [5.41, 5.74) is 8.65. The SMILES string of the molecule is CC(C)(ON=C(C(=O)N[C@@H]1C(=O)N[C@@H]1SCC(N)=O)c1csc(N)n1)C(=O)O. The van der Waals surface area contributed by atoms with Crippen LogP contribution in [-0.2, 0) is 24.0 Å². The predicted octanol–water partition coefficient (Wildman–Crippen LogP) is -1.53. The summed E-state index contributed by atoms with van der Waals surface area (Å²) < 4.78 is 0. The molecule has 14 heteroatoms. The minimum atomic E-state index is -1.71. The number of hydrogen-bond donors (Lipinski definition) is 5. The lowest BCUT2D eigenvalue weighted by molar-refractivity contribution is -0.161. The number of nitrogens with one attached hydrogen (secondary N) is 2. The minimum Gasteiger partial charge on any atom is -0.478 e. The van der Waals surface area contributed by atoms with Crippen molar-refractivity contribution in [2.24, 2.45) is 10.9 Å². The predicted molar refractivity (Wildman–Crippen MR) is 101 cm³/mol. The normalized spacial score (nSPS) is 19.4. The van der Waals surface area contributed by atoms with Gasteiger partial charge in [0.15, 0.2) is 10.8 Å². The summed E-state index contributed by atoms with van der Waals surface area (Å²) in [4.78, 5) is 55.4. The molecule has 1 fully saturated rings. The van der Waals surface area contributed by atoms with Gasteiger partial charge in [-0.1, -0.05) is 5.16 Å². The number of nitrogens with zero attached hydrogens (tertiary/aromatic N) is 2. The average Bonchev–Trinajstić information content (AvgIpc) is 3.02. The number of hydrogen-bond acceptors (Lipinski definition) is 10. The maximum Gasteiger partial charge on any atom is 0.350 e. The van der Waals surface area contributed by atoms with E-state index in [0.29, 0.717) is 0 Å². The topological polar surface area (TPSA) is 199 Å². The van der Waals surface area contributed by atoms with Gasteiger partial charge in [-0.25, -0.2) is 9.78 Å². The zero-order valence-electron chi connectivity index (χ0n) is 14.8. The molecule has 1 saturated heterocycles. The number of nitrogen functional groups attached to an aromatic ring is 1. The van der Waals surface area contributed by atoms with Gasteiger partial charge < -0.3 is 32.0 Å². The molecule has 0 spiro atoms. The number of thioether (sulfide) groups is 1. The minimum absolute atomic E-state index is 0.0448. The number of nitrogens with two attached hydrogens (primary N) is 2. The van der Waals surface area contributed by atoms with E-state index >= 15 is 0 Å². The van der Waals surface area contributed by atoms with Crippen LogP contribution < -0.4 is 22.1 Å². The second kappa shape index (κ2) is 8.43. The highest BCUT2D eigenvalue weighted by Crippen LogP contribution is 2.20. The van der Waals surface area contributed by atoms with Gasteiger partial charge in [-0.15, -0.1) is 23.1 Å². The highest BCUT2D eigenvalue weighted by atomic mass is 32.2. The standard InChI is InChI=1S/C14H18N6O6S2/c1-14(2,12(24)25)26-20-7(5-3-28-13(16)17-5)9(22)18-8-10(23)19-11(8)27-4-6(15)21/h3,8,11H,4H2,1-2H3,(H2,15,21)(H2,16,17)(H,18,22)(H,19,23)(H,24,25)/t8-,11-/m1/s1. The van der Waals surface area contributed by atoms with E-state index in [4.69, 9.17) is 21.4 Å². The van der Waals surface area contributed by atoms with Crippen LogP contribution in [-0.4, -0.2) is 62.3 Å². The van der Waals surface area contributed by atoms with Crippen LogP contribution in [0, 0.1) is 0 Å². The number of oxime groups is 1. The molecule has 0 saturated carbocycles. The Morgan fingerprint density at radius 3 is 2.68 bits per heavy atom. The van der Waals surface area contributed by atoms with E-state index in [2.05, 4.69) is 20.8 Å². The molecule has 1 aliphatic heterocycles. The molecule has 152 valence electrons. The summed E-state index contributed by atoms with van der Waals surface area (Å²) in [6, 6.07) is -0.939. The van der Waals surface area contributed by atoms with Crippen molar-refractivity contribution in [3.63, 3.8) is 0 Å². The number of β-lactam (4-membered cyclic amide) rings is 1. The smallest absolute Gasteiger partial charge is 0.350 e. The molecule has 1 aromatic rings. The lowest BCUT2D eigenvalue weighted by Crippen LogP contribution is -2.68. The third-order valence-electron chi connectivity index (χ3n) is 3.42. The first-order valence-corrected chi connectivity index (χ1v) is 9.66. The summed E-state index contributed by atoms with van der Waals surface area (Å²) in [5, 5.41) is 18.8. The van der Waals surface area contributed by atoms with Crippen molar-refractivity contribution < 1.29 is 29.1 Å². The number of carbonyl (C=O) groups excluding carboxylic acids is 3. The van der Waals surface area contributed by atoms with Gasteiger partial charge in [0.25, 0.3) is 5.91 Å². The Kier molecular flexibility index (Phi) is 6.45. The fourth-order valence-corrected chi connectivity index (χ4v) is 3.29. The molecule has 3 amide bonds. The summed E-state index contributed by atoms with van der Waals surface area (Å²) >= 11 is 2.09. The molecule has 1 aromatic heterocycles. The second-order valence-corrected chi connectivity index (χ2v) is 8.09. The molecule has 0 aliphatic carbocycles. The number of aromatic nitrogens is 1. The molecule has 28 heavy (non-hydrogen) atoms. The van der Waals surface area contributed by atoms with Crippen molar-refractivity contribution >= 4 is 57.6 Å². The molecule has 2 heterocycles. The summed E-state index contributed by atoms with van der Waals surface area (Å²) in [7, 11) is 0. The Balaban J connectivity index is 2.18. The first-order chi connectivity index (χ1) is 13.0. The summed E-state index contributed by atoms with van der Waals surface area (Å²) in [6.45, 7) is 2.50. The lowest BCUT2D eigenvalue weighted by Gasteiger charge is -2.36. The lowest BCUT2D eigenvalue weighted by atomic mass is 10.1. The van der Waals surface area contributed by atoms with Crippen molar-refractivity contribution in [1.29, 1.82) is 0 Å². The third-order valence-corrected chi connectivity index (χ3v) is 5.30. The Hall–Kier alpha value is -2.87. The van der Waals surface area contributed by atoms with E-state index in [-0.39, 0.29) is 22.3 Å². The zero-order valence-corrected chi connectivity index (χ0v) is 16.4. The third kappa shape index (κ3) is 5.10. The second-order valence-electron chi connectivity index (χ2n) is 6.08. The van der Waals surface area contributed by atoms with Crippen molar-refractivity contribution in [3.05, 3.63) is 11.1 Å². The fraction of sp³-hybridized carbons (Fsp3) is 0.429. The number of primary amides is 1. The maximum atomic E-state index is 12.6. The first kappa shape index (κ1) is 21.4. The molecule has 0 unspecified atom stereocenters. The van der Waals surface area contributed by atoms with Crippen LogP contribution in [0.3, 0.4) is 0 Å². The van der Waals surface area contributed by atoms with Gasteiger partial charge in [0.2, 0.25) is 17.4 Å². The maximum absolute atomic E-state index is 12.6. The number of carboxylic acid groups (broad SMARTS) is 1. The molecule has 2 atom stereocenters. The van der Waals surface area contributed by atoms with Gasteiger partial charge in [-0.05, 0) is 13.8 Å². The number of carboxylic acids is 1. The van der Waals surface area contributed by atoms with E-state index < -0.39 is 40.7 Å². The molecule has 2 rings (SSSR count). The van der Waals surface area contributed by atoms with Gasteiger partial charge in [0, 0.05) is 5.38 Å². The summed E-state index contributed by atoms with van der Waals surface area (Å²) in [6.07, 6.45) is 0. The van der Waals surface area contributed by atoms with Crippen molar-refractivity contribution in [1.82, 2.24) is 15.6 Å². The van der Waals surface area contributed by atoms with Crippen molar-refractivity contribution in [2.45, 2.75) is 30.9 Å². The average molecular weight is 430 g/mol. The highest BCUT2D eigenvalue weighted by molar-refractivity contribution is 8.00. The van der Waals surface area contributed by atoms with E-state index in [1.807, 2.05) is 0 Å². The number of rotatable bonds is 9. The van der Waals surface area contributed by atoms with Gasteiger partial charge >= 0.3 is 5.97 Å². The molecule has 12 nitrogen and oxygen atoms in total. The molecular weight excluding hydrogens is 412 g/mol. The van der Waals surface area contributed by atoms with Crippen LogP contribution >= 0.6 is 23.1 Å². The zero-order chi connectivity index (χ0) is 21.1.